The van der Waals surface area contributed by atoms with Crippen LogP contribution in [0.3, 0.4) is 0 Å². The summed E-state index contributed by atoms with van der Waals surface area (Å²) >= 11 is 0. The van der Waals surface area contributed by atoms with Gasteiger partial charge in [-0.3, -0.25) is 4.79 Å². The average Bonchev–Trinajstić information content (AvgIpc) is 1.99. The van der Waals surface area contributed by atoms with Crippen molar-refractivity contribution in [2.45, 2.75) is 19.4 Å². The van der Waals surface area contributed by atoms with Crippen molar-refractivity contribution in [3.05, 3.63) is 24.8 Å². The number of ketones is 1. The van der Waals surface area contributed by atoms with E-state index in [1.165, 1.54) is 18.2 Å². The summed E-state index contributed by atoms with van der Waals surface area (Å²) in [6, 6.07) is 0. The molecule has 0 aliphatic rings. The van der Waals surface area contributed by atoms with Crippen molar-refractivity contribution in [3.63, 3.8) is 0 Å². The third-order valence-electron chi connectivity index (χ3n) is 1.10. The molecule has 0 aromatic rings. The lowest BCUT2D eigenvalue weighted by Gasteiger charge is -1.96. The lowest BCUT2D eigenvalue weighted by molar-refractivity contribution is -0.110. The van der Waals surface area contributed by atoms with Crippen LogP contribution in [0, 0.1) is 0 Å². The van der Waals surface area contributed by atoms with Crippen LogP contribution >= 0.6 is 0 Å². The van der Waals surface area contributed by atoms with Gasteiger partial charge in [-0.1, -0.05) is 19.6 Å². The Morgan fingerprint density at radius 2 is 2.40 bits per heavy atom. The highest BCUT2D eigenvalue weighted by Crippen LogP contribution is 1.91. The molecule has 0 aliphatic carbocycles. The van der Waals surface area contributed by atoms with E-state index in [0.29, 0.717) is 6.42 Å². The van der Waals surface area contributed by atoms with E-state index < -0.39 is 6.10 Å². The molecule has 1 atom stereocenters. The maximum absolute atomic E-state index is 10.5. The third-order valence-corrected chi connectivity index (χ3v) is 1.10. The quantitative estimate of drug-likeness (QED) is 0.593. The van der Waals surface area contributed by atoms with E-state index in [2.05, 4.69) is 6.58 Å². The summed E-state index contributed by atoms with van der Waals surface area (Å²) in [5.74, 6) is -0.174. The monoisotopic (exact) mass is 140 g/mol. The molecule has 0 fully saturated rings. The van der Waals surface area contributed by atoms with Crippen LogP contribution in [-0.4, -0.2) is 17.0 Å². The van der Waals surface area contributed by atoms with Gasteiger partial charge in [0.05, 0.1) is 6.10 Å². The highest BCUT2D eigenvalue weighted by atomic mass is 16.3. The molecule has 56 valence electrons. The lowest BCUT2D eigenvalue weighted by atomic mass is 10.2. The predicted molar refractivity (Wildman–Crippen MR) is 40.6 cm³/mol. The first-order valence-electron chi connectivity index (χ1n) is 3.23. The second-order valence-electron chi connectivity index (χ2n) is 1.94. The van der Waals surface area contributed by atoms with Gasteiger partial charge in [-0.2, -0.15) is 0 Å². The SMILES string of the molecule is C=CC(=O)C=CC(O)CC. The zero-order valence-electron chi connectivity index (χ0n) is 6.08. The Labute approximate surface area is 60.9 Å². The van der Waals surface area contributed by atoms with Crippen molar-refractivity contribution in [1.29, 1.82) is 0 Å². The normalized spacial score (nSPS) is 13.4. The minimum Gasteiger partial charge on any atom is -0.389 e. The first kappa shape index (κ1) is 9.11. The summed E-state index contributed by atoms with van der Waals surface area (Å²) < 4.78 is 0. The molecule has 0 saturated carbocycles. The molecule has 0 aromatic heterocycles. The second kappa shape index (κ2) is 4.94. The Morgan fingerprint density at radius 1 is 1.80 bits per heavy atom. The van der Waals surface area contributed by atoms with Gasteiger partial charge in [0, 0.05) is 0 Å². The Hall–Kier alpha value is -0.890. The number of hydrogen-bond acceptors (Lipinski definition) is 2. The van der Waals surface area contributed by atoms with Gasteiger partial charge in [0.15, 0.2) is 5.78 Å². The Balaban J connectivity index is 3.74. The van der Waals surface area contributed by atoms with Gasteiger partial charge in [0.2, 0.25) is 0 Å². The van der Waals surface area contributed by atoms with Gasteiger partial charge in [0.25, 0.3) is 0 Å². The van der Waals surface area contributed by atoms with Crippen molar-refractivity contribution in [3.8, 4) is 0 Å². The number of aliphatic hydroxyl groups excluding tert-OH is 1. The van der Waals surface area contributed by atoms with E-state index in [-0.39, 0.29) is 5.78 Å². The van der Waals surface area contributed by atoms with Gasteiger partial charge in [-0.05, 0) is 18.6 Å². The second-order valence-corrected chi connectivity index (χ2v) is 1.94. The summed E-state index contributed by atoms with van der Waals surface area (Å²) in [6.07, 6.45) is 4.11. The summed E-state index contributed by atoms with van der Waals surface area (Å²) in [5, 5.41) is 8.93. The molecule has 0 aromatic carbocycles. The lowest BCUT2D eigenvalue weighted by Crippen LogP contribution is -1.99. The molecule has 0 radical (unpaired) electrons. The molecule has 0 rings (SSSR count). The zero-order chi connectivity index (χ0) is 7.98. The van der Waals surface area contributed by atoms with Gasteiger partial charge < -0.3 is 5.11 Å². The van der Waals surface area contributed by atoms with Crippen molar-refractivity contribution < 1.29 is 9.90 Å². The smallest absolute Gasteiger partial charge is 0.177 e. The van der Waals surface area contributed by atoms with Crippen LogP contribution in [0.4, 0.5) is 0 Å². The maximum atomic E-state index is 10.5. The number of hydrogen-bond donors (Lipinski definition) is 1. The van der Waals surface area contributed by atoms with Gasteiger partial charge in [0.1, 0.15) is 0 Å². The fourth-order valence-electron chi connectivity index (χ4n) is 0.410. The van der Waals surface area contributed by atoms with Crippen LogP contribution in [0.15, 0.2) is 24.8 Å². The topological polar surface area (TPSA) is 37.3 Å². The van der Waals surface area contributed by atoms with E-state index in [4.69, 9.17) is 5.11 Å². The molecular weight excluding hydrogens is 128 g/mol. The summed E-state index contributed by atoms with van der Waals surface area (Å²) in [5.41, 5.74) is 0. The standard InChI is InChI=1S/C8H12O2/c1-3-7(9)5-6-8(10)4-2/h3,5-6,8,10H,1,4H2,2H3. The van der Waals surface area contributed by atoms with Crippen LogP contribution in [0.1, 0.15) is 13.3 Å². The largest absolute Gasteiger partial charge is 0.389 e. The van der Waals surface area contributed by atoms with Crippen molar-refractivity contribution in [2.75, 3.05) is 0 Å². The van der Waals surface area contributed by atoms with Crippen molar-refractivity contribution >= 4 is 5.78 Å². The first-order valence-corrected chi connectivity index (χ1v) is 3.23. The zero-order valence-corrected chi connectivity index (χ0v) is 6.08. The molecular formula is C8H12O2. The van der Waals surface area contributed by atoms with Crippen LogP contribution in [0.2, 0.25) is 0 Å². The highest BCUT2D eigenvalue weighted by Gasteiger charge is 1.92. The predicted octanol–water partition coefficient (Wildman–Crippen LogP) is 1.07. The molecule has 1 unspecified atom stereocenters. The van der Waals surface area contributed by atoms with Crippen LogP contribution in [-0.2, 0) is 4.79 Å². The average molecular weight is 140 g/mol. The first-order chi connectivity index (χ1) is 4.70. The van der Waals surface area contributed by atoms with E-state index >= 15 is 0 Å². The molecule has 0 bridgehead atoms. The molecule has 0 aliphatic heterocycles. The fourth-order valence-corrected chi connectivity index (χ4v) is 0.410. The summed E-state index contributed by atoms with van der Waals surface area (Å²) in [4.78, 5) is 10.5. The maximum Gasteiger partial charge on any atom is 0.177 e. The van der Waals surface area contributed by atoms with E-state index in [9.17, 15) is 4.79 Å². The van der Waals surface area contributed by atoms with Gasteiger partial charge >= 0.3 is 0 Å². The minimum atomic E-state index is -0.510. The molecule has 2 heteroatoms. The summed E-state index contributed by atoms with van der Waals surface area (Å²) in [6.45, 7) is 5.12. The number of carbonyl (C=O) groups is 1. The number of aliphatic hydroxyl groups is 1. The minimum absolute atomic E-state index is 0.174. The van der Waals surface area contributed by atoms with E-state index in [1.807, 2.05) is 6.92 Å². The number of rotatable bonds is 4. The van der Waals surface area contributed by atoms with Crippen LogP contribution in [0.5, 0.6) is 0 Å². The van der Waals surface area contributed by atoms with Crippen LogP contribution < -0.4 is 0 Å². The number of carbonyl (C=O) groups excluding carboxylic acids is 1. The summed E-state index contributed by atoms with van der Waals surface area (Å²) in [7, 11) is 0. The van der Waals surface area contributed by atoms with E-state index in [0.717, 1.165) is 0 Å². The van der Waals surface area contributed by atoms with Gasteiger partial charge in [-0.15, -0.1) is 0 Å². The van der Waals surface area contributed by atoms with Crippen LogP contribution in [0.25, 0.3) is 0 Å². The molecule has 0 spiro atoms. The fraction of sp³-hybridized carbons (Fsp3) is 0.375. The highest BCUT2D eigenvalue weighted by molar-refractivity contribution is 5.98. The van der Waals surface area contributed by atoms with Gasteiger partial charge in [-0.25, -0.2) is 0 Å². The Kier molecular flexibility index (Phi) is 4.50. The molecule has 0 saturated heterocycles. The Bertz CT molecular complexity index is 147. The molecule has 10 heavy (non-hydrogen) atoms. The third kappa shape index (κ3) is 4.04. The van der Waals surface area contributed by atoms with Crippen molar-refractivity contribution in [1.82, 2.24) is 0 Å². The molecule has 0 amide bonds. The van der Waals surface area contributed by atoms with E-state index in [1.54, 1.807) is 0 Å². The molecule has 0 heterocycles. The Morgan fingerprint density at radius 3 is 2.80 bits per heavy atom. The molecule has 1 N–H and O–H groups in total. The number of allylic oxidation sites excluding steroid dienone is 2. The van der Waals surface area contributed by atoms with Crippen molar-refractivity contribution in [2.24, 2.45) is 0 Å². The molecule has 2 nitrogen and oxygen atoms in total.